The molecule has 130 valence electrons. The number of methoxy groups -OCH3 is 1. The van der Waals surface area contributed by atoms with Crippen LogP contribution >= 0.6 is 11.3 Å². The smallest absolute Gasteiger partial charge is 0.161 e. The van der Waals surface area contributed by atoms with E-state index < -0.39 is 0 Å². The average molecular weight is 347 g/mol. The predicted octanol–water partition coefficient (Wildman–Crippen LogP) is 3.59. The third kappa shape index (κ3) is 4.50. The first-order chi connectivity index (χ1) is 11.8. The van der Waals surface area contributed by atoms with Crippen molar-refractivity contribution in [2.45, 2.75) is 38.5 Å². The Labute approximate surface area is 147 Å². The maximum absolute atomic E-state index is 9.87. The topological polar surface area (TPSA) is 50.7 Å². The summed E-state index contributed by atoms with van der Waals surface area (Å²) in [7, 11) is 1.67. The largest absolute Gasteiger partial charge is 0.493 e. The van der Waals surface area contributed by atoms with Crippen LogP contribution in [0, 0.1) is 5.92 Å². The number of ether oxygens (including phenoxy) is 2. The number of rotatable bonds is 8. The Morgan fingerprint density at radius 3 is 2.88 bits per heavy atom. The molecular formula is C19H25NO3S. The van der Waals surface area contributed by atoms with Gasteiger partial charge in [-0.3, -0.25) is 0 Å². The van der Waals surface area contributed by atoms with Gasteiger partial charge in [0.15, 0.2) is 11.5 Å². The van der Waals surface area contributed by atoms with E-state index >= 15 is 0 Å². The minimum absolute atomic E-state index is 0.139. The molecule has 2 aromatic rings. The maximum atomic E-state index is 9.87. The Hall–Kier alpha value is -1.56. The lowest BCUT2D eigenvalue weighted by Crippen LogP contribution is -2.27. The van der Waals surface area contributed by atoms with Gasteiger partial charge in [-0.25, -0.2) is 0 Å². The van der Waals surface area contributed by atoms with Crippen molar-refractivity contribution in [1.82, 2.24) is 5.32 Å². The summed E-state index contributed by atoms with van der Waals surface area (Å²) >= 11 is 1.69. The van der Waals surface area contributed by atoms with E-state index in [-0.39, 0.29) is 6.10 Å². The average Bonchev–Trinajstić information content (AvgIpc) is 3.25. The van der Waals surface area contributed by atoms with E-state index in [9.17, 15) is 5.11 Å². The van der Waals surface area contributed by atoms with Gasteiger partial charge in [0.2, 0.25) is 0 Å². The normalized spacial score (nSPS) is 20.2. The van der Waals surface area contributed by atoms with Crippen LogP contribution in [0.25, 0.3) is 0 Å². The van der Waals surface area contributed by atoms with Crippen LogP contribution in [-0.4, -0.2) is 24.9 Å². The van der Waals surface area contributed by atoms with E-state index in [0.717, 1.165) is 49.4 Å². The van der Waals surface area contributed by atoms with Crippen LogP contribution in [0.2, 0.25) is 0 Å². The van der Waals surface area contributed by atoms with Crippen molar-refractivity contribution in [1.29, 1.82) is 0 Å². The molecule has 0 saturated heterocycles. The Bertz CT molecular complexity index is 630. The molecule has 1 heterocycles. The molecule has 0 aliphatic heterocycles. The van der Waals surface area contributed by atoms with Gasteiger partial charge in [-0.1, -0.05) is 18.6 Å². The SMILES string of the molecule is COc1cc(CNCC2CCCC2O)ccc1OCc1cccs1. The minimum Gasteiger partial charge on any atom is -0.493 e. The fraction of sp³-hybridized carbons (Fsp3) is 0.474. The van der Waals surface area contributed by atoms with Crippen LogP contribution in [0.15, 0.2) is 35.7 Å². The first-order valence-electron chi connectivity index (χ1n) is 8.47. The maximum Gasteiger partial charge on any atom is 0.161 e. The first kappa shape index (κ1) is 17.3. The number of hydrogen-bond donors (Lipinski definition) is 2. The van der Waals surface area contributed by atoms with Crippen LogP contribution in [0.4, 0.5) is 0 Å². The highest BCUT2D eigenvalue weighted by Gasteiger charge is 2.24. The van der Waals surface area contributed by atoms with Gasteiger partial charge < -0.3 is 19.9 Å². The molecule has 3 rings (SSSR count). The molecular weight excluding hydrogens is 322 g/mol. The molecule has 0 spiro atoms. The first-order valence-corrected chi connectivity index (χ1v) is 9.35. The molecule has 2 unspecified atom stereocenters. The number of aliphatic hydroxyl groups excluding tert-OH is 1. The summed E-state index contributed by atoms with van der Waals surface area (Å²) in [6.45, 7) is 2.19. The second kappa shape index (κ2) is 8.51. The van der Waals surface area contributed by atoms with Crippen molar-refractivity contribution in [3.05, 3.63) is 46.2 Å². The molecule has 0 amide bonds. The third-order valence-corrected chi connectivity index (χ3v) is 5.38. The van der Waals surface area contributed by atoms with Gasteiger partial charge in [0, 0.05) is 18.0 Å². The molecule has 2 N–H and O–H groups in total. The van der Waals surface area contributed by atoms with Gasteiger partial charge in [0.25, 0.3) is 0 Å². The number of thiophene rings is 1. The van der Waals surface area contributed by atoms with Crippen molar-refractivity contribution in [2.75, 3.05) is 13.7 Å². The third-order valence-electron chi connectivity index (χ3n) is 4.53. The summed E-state index contributed by atoms with van der Waals surface area (Å²) < 4.78 is 11.3. The summed E-state index contributed by atoms with van der Waals surface area (Å²) in [6.07, 6.45) is 3.06. The second-order valence-electron chi connectivity index (χ2n) is 6.24. The Kier molecular flexibility index (Phi) is 6.12. The van der Waals surface area contributed by atoms with Crippen LogP contribution in [0.1, 0.15) is 29.7 Å². The van der Waals surface area contributed by atoms with Gasteiger partial charge >= 0.3 is 0 Å². The Morgan fingerprint density at radius 1 is 1.25 bits per heavy atom. The lowest BCUT2D eigenvalue weighted by molar-refractivity contribution is 0.131. The van der Waals surface area contributed by atoms with E-state index in [0.29, 0.717) is 12.5 Å². The van der Waals surface area contributed by atoms with Gasteiger partial charge in [-0.05, 0) is 47.9 Å². The highest BCUT2D eigenvalue weighted by atomic mass is 32.1. The number of hydrogen-bond acceptors (Lipinski definition) is 5. The summed E-state index contributed by atoms with van der Waals surface area (Å²) in [5, 5.41) is 15.4. The van der Waals surface area contributed by atoms with E-state index in [1.54, 1.807) is 18.4 Å². The molecule has 4 nitrogen and oxygen atoms in total. The van der Waals surface area contributed by atoms with E-state index in [4.69, 9.17) is 9.47 Å². The van der Waals surface area contributed by atoms with Gasteiger partial charge in [0.05, 0.1) is 13.2 Å². The van der Waals surface area contributed by atoms with Crippen molar-refractivity contribution in [2.24, 2.45) is 5.92 Å². The van der Waals surface area contributed by atoms with Crippen molar-refractivity contribution < 1.29 is 14.6 Å². The molecule has 2 atom stereocenters. The standard InChI is InChI=1S/C19H25NO3S/c1-22-19-10-14(11-20-12-15-4-2-6-17(15)21)7-8-18(19)23-13-16-5-3-9-24-16/h3,5,7-10,15,17,20-21H,2,4,6,11-13H2,1H3. The Morgan fingerprint density at radius 2 is 2.17 bits per heavy atom. The molecule has 1 aromatic heterocycles. The lowest BCUT2D eigenvalue weighted by Gasteiger charge is -2.16. The molecule has 1 aliphatic carbocycles. The molecule has 0 radical (unpaired) electrons. The molecule has 1 aromatic carbocycles. The zero-order valence-corrected chi connectivity index (χ0v) is 14.8. The molecule has 0 bridgehead atoms. The second-order valence-corrected chi connectivity index (χ2v) is 7.27. The Balaban J connectivity index is 1.53. The van der Waals surface area contributed by atoms with Crippen LogP contribution < -0.4 is 14.8 Å². The van der Waals surface area contributed by atoms with Gasteiger partial charge in [-0.15, -0.1) is 11.3 Å². The highest BCUT2D eigenvalue weighted by Crippen LogP contribution is 2.29. The molecule has 5 heteroatoms. The predicted molar refractivity (Wildman–Crippen MR) is 96.7 cm³/mol. The fourth-order valence-corrected chi connectivity index (χ4v) is 3.76. The zero-order chi connectivity index (χ0) is 16.8. The molecule has 24 heavy (non-hydrogen) atoms. The summed E-state index contributed by atoms with van der Waals surface area (Å²) in [4.78, 5) is 1.19. The van der Waals surface area contributed by atoms with E-state index in [1.807, 2.05) is 23.6 Å². The van der Waals surface area contributed by atoms with Gasteiger partial charge in [0.1, 0.15) is 6.61 Å². The van der Waals surface area contributed by atoms with Crippen molar-refractivity contribution >= 4 is 11.3 Å². The van der Waals surface area contributed by atoms with E-state index in [1.165, 1.54) is 4.88 Å². The lowest BCUT2D eigenvalue weighted by atomic mass is 10.1. The fourth-order valence-electron chi connectivity index (χ4n) is 3.14. The molecule has 1 aliphatic rings. The summed E-state index contributed by atoms with van der Waals surface area (Å²) in [6, 6.07) is 10.1. The highest BCUT2D eigenvalue weighted by molar-refractivity contribution is 7.09. The molecule has 1 fully saturated rings. The van der Waals surface area contributed by atoms with Crippen LogP contribution in [0.3, 0.4) is 0 Å². The van der Waals surface area contributed by atoms with Crippen molar-refractivity contribution in [3.8, 4) is 11.5 Å². The van der Waals surface area contributed by atoms with E-state index in [2.05, 4.69) is 17.4 Å². The number of aliphatic hydroxyl groups is 1. The minimum atomic E-state index is -0.139. The summed E-state index contributed by atoms with van der Waals surface area (Å²) in [5.41, 5.74) is 1.16. The zero-order valence-electron chi connectivity index (χ0n) is 14.0. The number of nitrogens with one attached hydrogen (secondary N) is 1. The van der Waals surface area contributed by atoms with Crippen LogP contribution in [0.5, 0.6) is 11.5 Å². The van der Waals surface area contributed by atoms with Crippen LogP contribution in [-0.2, 0) is 13.2 Å². The molecule has 1 saturated carbocycles. The van der Waals surface area contributed by atoms with Gasteiger partial charge in [-0.2, -0.15) is 0 Å². The monoisotopic (exact) mass is 347 g/mol. The quantitative estimate of drug-likeness (QED) is 0.766. The summed E-state index contributed by atoms with van der Waals surface area (Å²) in [5.74, 6) is 1.91. The number of benzene rings is 1. The van der Waals surface area contributed by atoms with Crippen molar-refractivity contribution in [3.63, 3.8) is 0 Å².